The van der Waals surface area contributed by atoms with Gasteiger partial charge in [0.1, 0.15) is 5.75 Å². The number of fused-ring (bicyclic) bond motifs is 3. The molecule has 38 heavy (non-hydrogen) atoms. The van der Waals surface area contributed by atoms with Crippen molar-refractivity contribution < 1.29 is 14.2 Å². The highest BCUT2D eigenvalue weighted by molar-refractivity contribution is 7.07. The molecule has 0 saturated carbocycles. The van der Waals surface area contributed by atoms with Crippen LogP contribution in [0.4, 0.5) is 0 Å². The van der Waals surface area contributed by atoms with Crippen LogP contribution >= 0.6 is 11.3 Å². The summed E-state index contributed by atoms with van der Waals surface area (Å²) in [6.07, 6.45) is 3.67. The Morgan fingerprint density at radius 2 is 1.79 bits per heavy atom. The fraction of sp³-hybridized carbons (Fsp3) is 0.226. The van der Waals surface area contributed by atoms with Crippen molar-refractivity contribution in [2.24, 2.45) is 4.99 Å². The first-order valence-electron chi connectivity index (χ1n) is 12.7. The first kappa shape index (κ1) is 24.2. The van der Waals surface area contributed by atoms with Gasteiger partial charge in [-0.1, -0.05) is 53.8 Å². The van der Waals surface area contributed by atoms with Crippen LogP contribution in [0, 0.1) is 0 Å². The Morgan fingerprint density at radius 1 is 1.00 bits per heavy atom. The van der Waals surface area contributed by atoms with Gasteiger partial charge < -0.3 is 14.2 Å². The third-order valence-electron chi connectivity index (χ3n) is 7.09. The Kier molecular flexibility index (Phi) is 6.37. The number of benzene rings is 3. The van der Waals surface area contributed by atoms with Gasteiger partial charge in [-0.25, -0.2) is 4.99 Å². The molecule has 1 aliphatic heterocycles. The van der Waals surface area contributed by atoms with Gasteiger partial charge in [-0.15, -0.1) is 0 Å². The second kappa shape index (κ2) is 9.99. The van der Waals surface area contributed by atoms with Crippen LogP contribution < -0.4 is 29.1 Å². The molecule has 3 aromatic carbocycles. The molecule has 0 amide bonds. The van der Waals surface area contributed by atoms with E-state index in [9.17, 15) is 4.79 Å². The molecule has 6 rings (SSSR count). The molecule has 1 aliphatic carbocycles. The molecule has 0 saturated heterocycles. The van der Waals surface area contributed by atoms with E-state index in [2.05, 4.69) is 24.3 Å². The summed E-state index contributed by atoms with van der Waals surface area (Å²) in [4.78, 5) is 19.7. The summed E-state index contributed by atoms with van der Waals surface area (Å²) in [5, 5.41) is 0. The van der Waals surface area contributed by atoms with E-state index < -0.39 is 0 Å². The van der Waals surface area contributed by atoms with E-state index in [1.165, 1.54) is 16.9 Å². The minimum Gasteiger partial charge on any atom is -0.494 e. The maximum absolute atomic E-state index is 13.9. The highest BCUT2D eigenvalue weighted by atomic mass is 32.1. The van der Waals surface area contributed by atoms with Crippen LogP contribution in [0.25, 0.3) is 11.8 Å². The number of nitrogens with zero attached hydrogens (tertiary/aromatic N) is 2. The van der Waals surface area contributed by atoms with Crippen molar-refractivity contribution in [1.29, 1.82) is 0 Å². The van der Waals surface area contributed by atoms with Crippen LogP contribution in [0.3, 0.4) is 0 Å². The van der Waals surface area contributed by atoms with Gasteiger partial charge in [-0.05, 0) is 72.4 Å². The Balaban J connectivity index is 1.56. The minimum absolute atomic E-state index is 0.0483. The summed E-state index contributed by atoms with van der Waals surface area (Å²) in [5.74, 6) is 2.10. The lowest BCUT2D eigenvalue weighted by Crippen LogP contribution is -2.38. The van der Waals surface area contributed by atoms with Crippen molar-refractivity contribution >= 4 is 23.1 Å². The predicted octanol–water partition coefficient (Wildman–Crippen LogP) is 4.73. The molecule has 1 unspecified atom stereocenters. The Hall–Kier alpha value is -4.10. The van der Waals surface area contributed by atoms with Crippen molar-refractivity contribution in [2.75, 3.05) is 20.8 Å². The first-order chi connectivity index (χ1) is 18.6. The molecule has 0 N–H and O–H groups in total. The number of rotatable bonds is 6. The molecule has 1 aromatic heterocycles. The van der Waals surface area contributed by atoms with Crippen LogP contribution in [-0.2, 0) is 6.42 Å². The number of aryl methyl sites for hydroxylation is 1. The normalized spacial score (nSPS) is 16.3. The van der Waals surface area contributed by atoms with E-state index in [0.29, 0.717) is 27.4 Å². The quantitative estimate of drug-likeness (QED) is 0.366. The van der Waals surface area contributed by atoms with Gasteiger partial charge >= 0.3 is 0 Å². The first-order valence-corrected chi connectivity index (χ1v) is 13.5. The summed E-state index contributed by atoms with van der Waals surface area (Å²) in [5.41, 5.74) is 6.41. The number of allylic oxidation sites excluding steroid dienone is 1. The smallest absolute Gasteiger partial charge is 0.271 e. The summed E-state index contributed by atoms with van der Waals surface area (Å²) in [6, 6.07) is 21.8. The highest BCUT2D eigenvalue weighted by Crippen LogP contribution is 2.42. The molecule has 192 valence electrons. The fourth-order valence-corrected chi connectivity index (χ4v) is 6.32. The SMILES string of the molecule is CCOc1ccc(C=c2sc3n(c2=O)C(c2ccc(OC)c(OC)c2)C2=C(N=3)c3ccccc3CC2)cc1. The van der Waals surface area contributed by atoms with E-state index in [0.717, 1.165) is 46.6 Å². The number of thiazole rings is 1. The summed E-state index contributed by atoms with van der Waals surface area (Å²) in [7, 11) is 3.26. The molecule has 2 heterocycles. The van der Waals surface area contributed by atoms with Crippen LogP contribution in [0.15, 0.2) is 82.1 Å². The number of hydrogen-bond donors (Lipinski definition) is 0. The lowest BCUT2D eigenvalue weighted by Gasteiger charge is -2.31. The molecule has 1 atom stereocenters. The second-order valence-corrected chi connectivity index (χ2v) is 10.2. The number of aromatic nitrogens is 1. The predicted molar refractivity (Wildman–Crippen MR) is 150 cm³/mol. The lowest BCUT2D eigenvalue weighted by atomic mass is 9.83. The van der Waals surface area contributed by atoms with Crippen molar-refractivity contribution in [3.05, 3.63) is 114 Å². The van der Waals surface area contributed by atoms with Gasteiger partial charge in [0.15, 0.2) is 16.3 Å². The summed E-state index contributed by atoms with van der Waals surface area (Å²) >= 11 is 1.42. The maximum Gasteiger partial charge on any atom is 0.271 e. The third kappa shape index (κ3) is 4.13. The van der Waals surface area contributed by atoms with Crippen LogP contribution in [0.2, 0.25) is 0 Å². The molecule has 0 radical (unpaired) electrons. The number of ether oxygens (including phenoxy) is 3. The largest absolute Gasteiger partial charge is 0.494 e. The molecule has 0 spiro atoms. The van der Waals surface area contributed by atoms with Gasteiger partial charge in [-0.3, -0.25) is 9.36 Å². The van der Waals surface area contributed by atoms with Gasteiger partial charge in [-0.2, -0.15) is 0 Å². The number of methoxy groups -OCH3 is 2. The second-order valence-electron chi connectivity index (χ2n) is 9.23. The third-order valence-corrected chi connectivity index (χ3v) is 8.07. The van der Waals surface area contributed by atoms with E-state index in [-0.39, 0.29) is 11.6 Å². The van der Waals surface area contributed by atoms with Crippen molar-refractivity contribution in [2.45, 2.75) is 25.8 Å². The van der Waals surface area contributed by atoms with Gasteiger partial charge in [0.25, 0.3) is 5.56 Å². The van der Waals surface area contributed by atoms with Crippen molar-refractivity contribution in [3.63, 3.8) is 0 Å². The molecule has 4 aromatic rings. The zero-order valence-electron chi connectivity index (χ0n) is 21.6. The van der Waals surface area contributed by atoms with Crippen LogP contribution in [-0.4, -0.2) is 25.4 Å². The van der Waals surface area contributed by atoms with E-state index >= 15 is 0 Å². The van der Waals surface area contributed by atoms with Crippen LogP contribution in [0.1, 0.15) is 41.6 Å². The summed E-state index contributed by atoms with van der Waals surface area (Å²) < 4.78 is 19.2. The standard InChI is InChI=1S/C31H28N2O4S/c1-4-37-22-13-9-19(10-14-22)17-27-30(34)33-29(21-12-16-25(35-2)26(18-21)36-3)24-15-11-20-7-5-6-8-23(20)28(24)32-31(33)38-27/h5-10,12-14,16-18,29H,4,11,15H2,1-3H3. The average Bonchev–Trinajstić information content (AvgIpc) is 3.26. The Labute approximate surface area is 224 Å². The highest BCUT2D eigenvalue weighted by Gasteiger charge is 2.33. The topological polar surface area (TPSA) is 62.0 Å². The van der Waals surface area contributed by atoms with Gasteiger partial charge in [0.2, 0.25) is 0 Å². The van der Waals surface area contributed by atoms with Crippen molar-refractivity contribution in [3.8, 4) is 17.2 Å². The average molecular weight is 525 g/mol. The molecular formula is C31H28N2O4S. The Morgan fingerprint density at radius 3 is 2.55 bits per heavy atom. The molecular weight excluding hydrogens is 496 g/mol. The molecule has 7 heteroatoms. The maximum atomic E-state index is 13.9. The zero-order valence-corrected chi connectivity index (χ0v) is 22.4. The Bertz CT molecular complexity index is 1730. The van der Waals surface area contributed by atoms with E-state index in [4.69, 9.17) is 19.2 Å². The minimum atomic E-state index is -0.281. The molecule has 0 bridgehead atoms. The number of hydrogen-bond acceptors (Lipinski definition) is 6. The van der Waals surface area contributed by atoms with E-state index in [1.807, 2.05) is 60.0 Å². The zero-order chi connectivity index (χ0) is 26.2. The van der Waals surface area contributed by atoms with Crippen molar-refractivity contribution in [1.82, 2.24) is 4.57 Å². The van der Waals surface area contributed by atoms with Gasteiger partial charge in [0, 0.05) is 5.56 Å². The summed E-state index contributed by atoms with van der Waals surface area (Å²) in [6.45, 7) is 2.57. The molecule has 0 fully saturated rings. The molecule has 6 nitrogen and oxygen atoms in total. The monoisotopic (exact) mass is 524 g/mol. The fourth-order valence-electron chi connectivity index (χ4n) is 5.32. The molecule has 2 aliphatic rings. The van der Waals surface area contributed by atoms with Gasteiger partial charge in [0.05, 0.1) is 37.1 Å². The lowest BCUT2D eigenvalue weighted by molar-refractivity contribution is 0.340. The van der Waals surface area contributed by atoms with E-state index in [1.54, 1.807) is 14.2 Å². The van der Waals surface area contributed by atoms with Crippen LogP contribution in [0.5, 0.6) is 17.2 Å².